The fraction of sp³-hybridized carbons (Fsp3) is 0.810. The van der Waals surface area contributed by atoms with E-state index in [1.807, 2.05) is 27.7 Å². The maximum atomic E-state index is 13.0. The number of hydrogen-bond acceptors (Lipinski definition) is 6. The Morgan fingerprint density at radius 2 is 1.42 bits per heavy atom. The van der Waals surface area contributed by atoms with Crippen LogP contribution in [0.4, 0.5) is 0 Å². The van der Waals surface area contributed by atoms with E-state index in [9.17, 15) is 19.2 Å². The monoisotopic (exact) mass is 443 g/mol. The lowest BCUT2D eigenvalue weighted by Gasteiger charge is -2.28. The summed E-state index contributed by atoms with van der Waals surface area (Å²) in [7, 11) is 0. The summed E-state index contributed by atoms with van der Waals surface area (Å²) in [5.74, 6) is -2.94. The Morgan fingerprint density at radius 3 is 1.90 bits per heavy atom. The average Bonchev–Trinajstić information content (AvgIpc) is 2.74. The Bertz CT molecular complexity index is 601. The Balaban J connectivity index is 5.43. The van der Waals surface area contributed by atoms with E-state index in [-0.39, 0.29) is 11.8 Å². The van der Waals surface area contributed by atoms with Crippen LogP contribution in [0.1, 0.15) is 66.7 Å². The van der Waals surface area contributed by atoms with Gasteiger partial charge in [0.05, 0.1) is 6.04 Å². The van der Waals surface area contributed by atoms with E-state index in [1.54, 1.807) is 0 Å². The van der Waals surface area contributed by atoms with E-state index in [0.717, 1.165) is 6.42 Å². The second-order valence-corrected chi connectivity index (χ2v) is 8.20. The minimum atomic E-state index is -1.18. The van der Waals surface area contributed by atoms with Crippen molar-refractivity contribution in [3.05, 3.63) is 0 Å². The standard InChI is InChI=1S/C21H41N5O5/c1-6-12(3)16(23)19(28)26-17(13(4)7-2)20(29)25-15(10-8-9-11-22)18(27)24-14(5)21(30)31/h12-17H,6-11,22-23H2,1-5H3,(H,24,27)(H,25,29)(H,26,28)(H,30,31). The summed E-state index contributed by atoms with van der Waals surface area (Å²) in [6, 6.07) is -3.65. The first-order chi connectivity index (χ1) is 14.5. The van der Waals surface area contributed by atoms with Gasteiger partial charge in [0, 0.05) is 0 Å². The molecule has 10 heteroatoms. The van der Waals surface area contributed by atoms with E-state index in [4.69, 9.17) is 16.6 Å². The summed E-state index contributed by atoms with van der Waals surface area (Å²) in [6.45, 7) is 9.30. The molecule has 180 valence electrons. The predicted octanol–water partition coefficient (Wildman–Crippen LogP) is 0.0938. The zero-order valence-corrected chi connectivity index (χ0v) is 19.4. The molecule has 0 aliphatic carbocycles. The minimum Gasteiger partial charge on any atom is -0.480 e. The van der Waals surface area contributed by atoms with Crippen LogP contribution in [-0.4, -0.2) is 59.5 Å². The number of nitrogens with two attached hydrogens (primary N) is 2. The van der Waals surface area contributed by atoms with E-state index < -0.39 is 47.9 Å². The number of carboxylic acid groups (broad SMARTS) is 1. The Hall–Kier alpha value is -2.20. The normalized spacial score (nSPS) is 16.9. The maximum Gasteiger partial charge on any atom is 0.325 e. The number of rotatable bonds is 15. The van der Waals surface area contributed by atoms with E-state index in [0.29, 0.717) is 32.2 Å². The largest absolute Gasteiger partial charge is 0.480 e. The molecule has 8 N–H and O–H groups in total. The number of nitrogens with one attached hydrogen (secondary N) is 3. The van der Waals surface area contributed by atoms with Gasteiger partial charge in [-0.3, -0.25) is 19.2 Å². The number of carbonyl (C=O) groups is 4. The smallest absolute Gasteiger partial charge is 0.325 e. The highest BCUT2D eigenvalue weighted by Gasteiger charge is 2.32. The number of amides is 3. The van der Waals surface area contributed by atoms with Crippen molar-refractivity contribution in [3.63, 3.8) is 0 Å². The molecule has 6 unspecified atom stereocenters. The summed E-state index contributed by atoms with van der Waals surface area (Å²) >= 11 is 0. The molecule has 0 aliphatic rings. The van der Waals surface area contributed by atoms with Crippen LogP contribution >= 0.6 is 0 Å². The third kappa shape index (κ3) is 10.1. The lowest BCUT2D eigenvalue weighted by molar-refractivity contribution is -0.142. The zero-order valence-electron chi connectivity index (χ0n) is 19.4. The number of unbranched alkanes of at least 4 members (excludes halogenated alkanes) is 1. The topological polar surface area (TPSA) is 177 Å². The summed E-state index contributed by atoms with van der Waals surface area (Å²) in [4.78, 5) is 49.2. The quantitative estimate of drug-likeness (QED) is 0.194. The first-order valence-electron chi connectivity index (χ1n) is 11.1. The molecule has 6 atom stereocenters. The maximum absolute atomic E-state index is 13.0. The molecular formula is C21H41N5O5. The molecule has 0 aromatic heterocycles. The number of carboxylic acids is 1. The summed E-state index contributed by atoms with van der Waals surface area (Å²) in [6.07, 6.45) is 2.88. The molecule has 0 aromatic carbocycles. The Morgan fingerprint density at radius 1 is 0.839 bits per heavy atom. The van der Waals surface area contributed by atoms with Gasteiger partial charge in [0.25, 0.3) is 0 Å². The molecule has 0 rings (SSSR count). The molecule has 0 radical (unpaired) electrons. The van der Waals surface area contributed by atoms with Gasteiger partial charge in [-0.05, 0) is 44.6 Å². The van der Waals surface area contributed by atoms with Gasteiger partial charge in [0.2, 0.25) is 17.7 Å². The van der Waals surface area contributed by atoms with Crippen molar-refractivity contribution in [2.45, 2.75) is 90.9 Å². The first-order valence-corrected chi connectivity index (χ1v) is 11.1. The second kappa shape index (κ2) is 14.7. The van der Waals surface area contributed by atoms with Crippen molar-refractivity contribution in [1.82, 2.24) is 16.0 Å². The van der Waals surface area contributed by atoms with Crippen LogP contribution < -0.4 is 27.4 Å². The van der Waals surface area contributed by atoms with Crippen LogP contribution in [0, 0.1) is 11.8 Å². The van der Waals surface area contributed by atoms with Crippen LogP contribution in [0.5, 0.6) is 0 Å². The predicted molar refractivity (Wildman–Crippen MR) is 119 cm³/mol. The van der Waals surface area contributed by atoms with Gasteiger partial charge >= 0.3 is 5.97 Å². The highest BCUT2D eigenvalue weighted by molar-refractivity contribution is 5.94. The van der Waals surface area contributed by atoms with E-state index >= 15 is 0 Å². The summed E-state index contributed by atoms with van der Waals surface area (Å²) < 4.78 is 0. The number of carbonyl (C=O) groups excluding carboxylic acids is 3. The molecule has 0 saturated heterocycles. The molecule has 0 spiro atoms. The molecule has 3 amide bonds. The fourth-order valence-electron chi connectivity index (χ4n) is 2.86. The highest BCUT2D eigenvalue weighted by Crippen LogP contribution is 2.12. The van der Waals surface area contributed by atoms with Gasteiger partial charge in [0.15, 0.2) is 0 Å². The molecule has 0 bridgehead atoms. The molecule has 31 heavy (non-hydrogen) atoms. The van der Waals surface area contributed by atoms with E-state index in [2.05, 4.69) is 16.0 Å². The van der Waals surface area contributed by atoms with Crippen molar-refractivity contribution in [2.75, 3.05) is 6.54 Å². The van der Waals surface area contributed by atoms with Crippen molar-refractivity contribution in [1.29, 1.82) is 0 Å². The van der Waals surface area contributed by atoms with Crippen molar-refractivity contribution < 1.29 is 24.3 Å². The lowest BCUT2D eigenvalue weighted by Crippen LogP contribution is -2.59. The number of hydrogen-bond donors (Lipinski definition) is 6. The van der Waals surface area contributed by atoms with Gasteiger partial charge in [-0.25, -0.2) is 0 Å². The third-order valence-corrected chi connectivity index (χ3v) is 5.66. The van der Waals surface area contributed by atoms with Crippen LogP contribution in [0.2, 0.25) is 0 Å². The first kappa shape index (κ1) is 28.8. The van der Waals surface area contributed by atoms with Crippen molar-refractivity contribution >= 4 is 23.7 Å². The molecule has 0 fully saturated rings. The molecule has 0 heterocycles. The van der Waals surface area contributed by atoms with Crippen LogP contribution in [0.15, 0.2) is 0 Å². The molecule has 0 aliphatic heterocycles. The zero-order chi connectivity index (χ0) is 24.1. The van der Waals surface area contributed by atoms with Crippen LogP contribution in [0.3, 0.4) is 0 Å². The van der Waals surface area contributed by atoms with Gasteiger partial charge in [-0.15, -0.1) is 0 Å². The van der Waals surface area contributed by atoms with Gasteiger partial charge in [-0.1, -0.05) is 40.5 Å². The summed E-state index contributed by atoms with van der Waals surface area (Å²) in [5.41, 5.74) is 11.5. The third-order valence-electron chi connectivity index (χ3n) is 5.66. The average molecular weight is 444 g/mol. The number of aliphatic carboxylic acids is 1. The van der Waals surface area contributed by atoms with Crippen molar-refractivity contribution in [2.24, 2.45) is 23.3 Å². The van der Waals surface area contributed by atoms with Crippen molar-refractivity contribution in [3.8, 4) is 0 Å². The Kier molecular flexibility index (Phi) is 13.7. The minimum absolute atomic E-state index is 0.0482. The molecule has 0 aromatic rings. The van der Waals surface area contributed by atoms with Gasteiger partial charge in [-0.2, -0.15) is 0 Å². The fourth-order valence-corrected chi connectivity index (χ4v) is 2.86. The highest BCUT2D eigenvalue weighted by atomic mass is 16.4. The molecular weight excluding hydrogens is 402 g/mol. The molecule has 10 nitrogen and oxygen atoms in total. The molecule has 0 saturated carbocycles. The lowest BCUT2D eigenvalue weighted by atomic mass is 9.95. The van der Waals surface area contributed by atoms with Gasteiger partial charge in [0.1, 0.15) is 18.1 Å². The SMILES string of the molecule is CCC(C)C(N)C(=O)NC(C(=O)NC(CCCCN)C(=O)NC(C)C(=O)O)C(C)CC. The summed E-state index contributed by atoms with van der Waals surface area (Å²) in [5, 5.41) is 16.8. The Labute approximate surface area is 185 Å². The van der Waals surface area contributed by atoms with E-state index in [1.165, 1.54) is 6.92 Å². The second-order valence-electron chi connectivity index (χ2n) is 8.20. The van der Waals surface area contributed by atoms with Gasteiger partial charge < -0.3 is 32.5 Å². The van der Waals surface area contributed by atoms with Crippen LogP contribution in [0.25, 0.3) is 0 Å². The van der Waals surface area contributed by atoms with Crippen LogP contribution in [-0.2, 0) is 19.2 Å².